The van der Waals surface area contributed by atoms with E-state index in [4.69, 9.17) is 23.2 Å². The van der Waals surface area contributed by atoms with Gasteiger partial charge < -0.3 is 10.6 Å². The molecule has 22 heavy (non-hydrogen) atoms. The lowest BCUT2D eigenvalue weighted by Crippen LogP contribution is -2.24. The molecule has 2 nitrogen and oxygen atoms in total. The summed E-state index contributed by atoms with van der Waals surface area (Å²) in [6.07, 6.45) is 2.22. The van der Waals surface area contributed by atoms with Gasteiger partial charge in [-0.05, 0) is 60.8 Å². The molecule has 2 aromatic carbocycles. The van der Waals surface area contributed by atoms with Crippen LogP contribution in [0.1, 0.15) is 41.5 Å². The molecule has 0 spiro atoms. The van der Waals surface area contributed by atoms with Gasteiger partial charge in [0.1, 0.15) is 0 Å². The zero-order valence-corrected chi connectivity index (χ0v) is 14.3. The van der Waals surface area contributed by atoms with E-state index < -0.39 is 0 Å². The highest BCUT2D eigenvalue weighted by Crippen LogP contribution is 2.43. The van der Waals surface area contributed by atoms with Crippen LogP contribution in [0.4, 0.5) is 5.69 Å². The summed E-state index contributed by atoms with van der Waals surface area (Å²) in [6, 6.07) is 13.0. The molecule has 2 N–H and O–H groups in total. The highest BCUT2D eigenvalue weighted by atomic mass is 35.5. The molecule has 0 aliphatic heterocycles. The SMILES string of the molecule is CNc1ccc2c(c1)C(NC)CCC2c1ccc(Cl)c(Cl)c1. The van der Waals surface area contributed by atoms with Crippen molar-refractivity contribution in [2.24, 2.45) is 0 Å². The molecule has 0 fully saturated rings. The first-order valence-corrected chi connectivity index (χ1v) is 8.33. The largest absolute Gasteiger partial charge is 0.388 e. The number of halogens is 2. The molecule has 4 heteroatoms. The molecule has 0 aromatic heterocycles. The number of rotatable bonds is 3. The van der Waals surface area contributed by atoms with Gasteiger partial charge in [0, 0.05) is 24.7 Å². The van der Waals surface area contributed by atoms with E-state index in [-0.39, 0.29) is 0 Å². The van der Waals surface area contributed by atoms with Crippen molar-refractivity contribution in [2.45, 2.75) is 24.8 Å². The first-order valence-electron chi connectivity index (χ1n) is 7.58. The van der Waals surface area contributed by atoms with Gasteiger partial charge in [0.05, 0.1) is 10.0 Å². The fourth-order valence-electron chi connectivity index (χ4n) is 3.37. The Labute approximate surface area is 141 Å². The van der Waals surface area contributed by atoms with Crippen molar-refractivity contribution in [2.75, 3.05) is 19.4 Å². The Bertz CT molecular complexity index is 685. The molecule has 2 aromatic rings. The van der Waals surface area contributed by atoms with Crippen molar-refractivity contribution in [1.82, 2.24) is 5.32 Å². The van der Waals surface area contributed by atoms with E-state index in [0.29, 0.717) is 22.0 Å². The Morgan fingerprint density at radius 2 is 1.73 bits per heavy atom. The maximum absolute atomic E-state index is 6.21. The minimum absolute atomic E-state index is 0.375. The first-order chi connectivity index (χ1) is 10.6. The zero-order chi connectivity index (χ0) is 15.7. The van der Waals surface area contributed by atoms with Crippen LogP contribution in [0, 0.1) is 0 Å². The zero-order valence-electron chi connectivity index (χ0n) is 12.8. The molecule has 0 radical (unpaired) electrons. The van der Waals surface area contributed by atoms with Gasteiger partial charge in [-0.25, -0.2) is 0 Å². The molecule has 0 saturated carbocycles. The third-order valence-electron chi connectivity index (χ3n) is 4.56. The molecule has 2 atom stereocenters. The van der Waals surface area contributed by atoms with E-state index >= 15 is 0 Å². The van der Waals surface area contributed by atoms with Crippen molar-refractivity contribution in [3.63, 3.8) is 0 Å². The van der Waals surface area contributed by atoms with E-state index in [9.17, 15) is 0 Å². The van der Waals surface area contributed by atoms with Crippen molar-refractivity contribution in [1.29, 1.82) is 0 Å². The van der Waals surface area contributed by atoms with Crippen molar-refractivity contribution in [3.05, 3.63) is 63.1 Å². The van der Waals surface area contributed by atoms with Crippen LogP contribution in [-0.2, 0) is 0 Å². The standard InChI is InChI=1S/C18H20Cl2N2/c1-21-12-4-5-14-13(6-8-18(22-2)15(14)10-12)11-3-7-16(19)17(20)9-11/h3-5,7,9-10,13,18,21-22H,6,8H2,1-2H3. The minimum Gasteiger partial charge on any atom is -0.388 e. The second kappa shape index (κ2) is 6.49. The summed E-state index contributed by atoms with van der Waals surface area (Å²) in [4.78, 5) is 0. The lowest BCUT2D eigenvalue weighted by Gasteiger charge is -2.32. The maximum atomic E-state index is 6.21. The molecular formula is C18H20Cl2N2. The number of anilines is 1. The van der Waals surface area contributed by atoms with Gasteiger partial charge in [0.2, 0.25) is 0 Å². The number of benzene rings is 2. The number of fused-ring (bicyclic) bond motifs is 1. The van der Waals surface area contributed by atoms with Gasteiger partial charge in [-0.1, -0.05) is 35.3 Å². The lowest BCUT2D eigenvalue weighted by atomic mass is 9.76. The van der Waals surface area contributed by atoms with Crippen LogP contribution in [0.25, 0.3) is 0 Å². The van der Waals surface area contributed by atoms with E-state index in [2.05, 4.69) is 34.9 Å². The fraction of sp³-hybridized carbons (Fsp3) is 0.333. The summed E-state index contributed by atoms with van der Waals surface area (Å²) >= 11 is 12.3. The van der Waals surface area contributed by atoms with Crippen molar-refractivity contribution in [3.8, 4) is 0 Å². The third-order valence-corrected chi connectivity index (χ3v) is 5.30. The first kappa shape index (κ1) is 15.7. The summed E-state index contributed by atoms with van der Waals surface area (Å²) in [7, 11) is 3.98. The summed E-state index contributed by atoms with van der Waals surface area (Å²) in [5, 5.41) is 7.89. The predicted molar refractivity (Wildman–Crippen MR) is 95.3 cm³/mol. The van der Waals surface area contributed by atoms with E-state index in [1.807, 2.05) is 26.2 Å². The summed E-state index contributed by atoms with van der Waals surface area (Å²) in [5.41, 5.74) is 5.14. The number of hydrogen-bond donors (Lipinski definition) is 2. The molecule has 3 rings (SSSR count). The highest BCUT2D eigenvalue weighted by Gasteiger charge is 2.27. The topological polar surface area (TPSA) is 24.1 Å². The van der Waals surface area contributed by atoms with Crippen molar-refractivity contribution < 1.29 is 0 Å². The van der Waals surface area contributed by atoms with Crippen LogP contribution in [0.3, 0.4) is 0 Å². The Morgan fingerprint density at radius 3 is 2.41 bits per heavy atom. The average molecular weight is 335 g/mol. The van der Waals surface area contributed by atoms with E-state index in [0.717, 1.165) is 18.5 Å². The Hall–Kier alpha value is -1.22. The van der Waals surface area contributed by atoms with Gasteiger partial charge in [-0.3, -0.25) is 0 Å². The Balaban J connectivity index is 2.06. The van der Waals surface area contributed by atoms with Gasteiger partial charge >= 0.3 is 0 Å². The third kappa shape index (κ3) is 2.83. The highest BCUT2D eigenvalue weighted by molar-refractivity contribution is 6.42. The normalized spacial score (nSPS) is 20.5. The smallest absolute Gasteiger partial charge is 0.0595 e. The average Bonchev–Trinajstić information content (AvgIpc) is 2.55. The molecule has 0 saturated heterocycles. The van der Waals surface area contributed by atoms with Gasteiger partial charge in [-0.2, -0.15) is 0 Å². The number of hydrogen-bond acceptors (Lipinski definition) is 2. The minimum atomic E-state index is 0.375. The monoisotopic (exact) mass is 334 g/mol. The van der Waals surface area contributed by atoms with E-state index in [1.165, 1.54) is 16.7 Å². The lowest BCUT2D eigenvalue weighted by molar-refractivity contribution is 0.471. The molecule has 2 unspecified atom stereocenters. The van der Waals surface area contributed by atoms with Crippen LogP contribution in [0.5, 0.6) is 0 Å². The van der Waals surface area contributed by atoms with Gasteiger partial charge in [0.25, 0.3) is 0 Å². The molecule has 1 aliphatic carbocycles. The molecule has 1 aliphatic rings. The van der Waals surface area contributed by atoms with Crippen LogP contribution >= 0.6 is 23.2 Å². The molecule has 0 heterocycles. The predicted octanol–water partition coefficient (Wildman–Crippen LogP) is 5.22. The maximum Gasteiger partial charge on any atom is 0.0595 e. The second-order valence-corrected chi connectivity index (χ2v) is 6.55. The van der Waals surface area contributed by atoms with Crippen LogP contribution in [0.2, 0.25) is 10.0 Å². The van der Waals surface area contributed by atoms with Crippen LogP contribution < -0.4 is 10.6 Å². The van der Waals surface area contributed by atoms with Gasteiger partial charge in [0.15, 0.2) is 0 Å². The quantitative estimate of drug-likeness (QED) is 0.803. The number of nitrogens with one attached hydrogen (secondary N) is 2. The summed E-state index contributed by atoms with van der Waals surface area (Å²) in [6.45, 7) is 0. The molecule has 116 valence electrons. The Kier molecular flexibility index (Phi) is 4.62. The summed E-state index contributed by atoms with van der Waals surface area (Å²) < 4.78 is 0. The van der Waals surface area contributed by atoms with Crippen LogP contribution in [-0.4, -0.2) is 14.1 Å². The fourth-order valence-corrected chi connectivity index (χ4v) is 3.68. The van der Waals surface area contributed by atoms with Gasteiger partial charge in [-0.15, -0.1) is 0 Å². The van der Waals surface area contributed by atoms with Crippen molar-refractivity contribution >= 4 is 28.9 Å². The molecular weight excluding hydrogens is 315 g/mol. The molecule has 0 amide bonds. The van der Waals surface area contributed by atoms with Crippen LogP contribution in [0.15, 0.2) is 36.4 Å². The van der Waals surface area contributed by atoms with E-state index in [1.54, 1.807) is 0 Å². The molecule has 0 bridgehead atoms. The Morgan fingerprint density at radius 1 is 0.909 bits per heavy atom. The summed E-state index contributed by atoms with van der Waals surface area (Å²) in [5.74, 6) is 0.375. The second-order valence-electron chi connectivity index (χ2n) is 5.74.